The molecule has 1 aliphatic rings. The largest absolute Gasteiger partial charge is 0.483 e. The highest BCUT2D eigenvalue weighted by molar-refractivity contribution is 5.93. The maximum Gasteiger partial charge on any atom is 0.290 e. The first-order chi connectivity index (χ1) is 12.6. The molecule has 0 unspecified atom stereocenters. The Labute approximate surface area is 151 Å². The Hall–Kier alpha value is -2.75. The molecule has 1 fully saturated rings. The van der Waals surface area contributed by atoms with Crippen molar-refractivity contribution in [2.24, 2.45) is 0 Å². The third-order valence-corrected chi connectivity index (χ3v) is 4.27. The van der Waals surface area contributed by atoms with Gasteiger partial charge in [0.05, 0.1) is 12.9 Å². The first kappa shape index (κ1) is 19.6. The average Bonchev–Trinajstić information content (AvgIpc) is 3.18. The van der Waals surface area contributed by atoms with Crippen LogP contribution >= 0.6 is 0 Å². The average molecular weight is 363 g/mol. The molecule has 0 radical (unpaired) electrons. The van der Waals surface area contributed by atoms with E-state index in [1.54, 1.807) is 12.7 Å². The number of aromatic nitrogens is 5. The standard InChI is InChI=1S/C15H23N7O.CH2O2/c1-3-22-13(17-11-19-22)9-20-5-4-6-21(8-7-20)15(23)14-12(2)16-10-18-14;2-1-3/h10-11H,3-9H2,1-2H3,(H,16,18);1H,(H,2,3). The zero-order chi connectivity index (χ0) is 18.9. The van der Waals surface area contributed by atoms with Crippen molar-refractivity contribution in [3.63, 3.8) is 0 Å². The van der Waals surface area contributed by atoms with Gasteiger partial charge in [-0.15, -0.1) is 0 Å². The topological polar surface area (TPSA) is 120 Å². The fourth-order valence-electron chi connectivity index (χ4n) is 2.93. The molecule has 1 amide bonds. The van der Waals surface area contributed by atoms with Crippen molar-refractivity contribution in [3.8, 4) is 0 Å². The van der Waals surface area contributed by atoms with Crippen molar-refractivity contribution in [1.29, 1.82) is 0 Å². The van der Waals surface area contributed by atoms with Gasteiger partial charge in [-0.25, -0.2) is 14.6 Å². The quantitative estimate of drug-likeness (QED) is 0.753. The maximum atomic E-state index is 12.6. The monoisotopic (exact) mass is 363 g/mol. The maximum absolute atomic E-state index is 12.6. The molecule has 2 aromatic rings. The molecule has 10 nitrogen and oxygen atoms in total. The lowest BCUT2D eigenvalue weighted by molar-refractivity contribution is -0.122. The number of amides is 1. The van der Waals surface area contributed by atoms with Crippen LogP contribution in [0.3, 0.4) is 0 Å². The number of hydrogen-bond donors (Lipinski definition) is 2. The van der Waals surface area contributed by atoms with Crippen LogP contribution in [0, 0.1) is 6.92 Å². The summed E-state index contributed by atoms with van der Waals surface area (Å²) < 4.78 is 1.92. The van der Waals surface area contributed by atoms with E-state index >= 15 is 0 Å². The van der Waals surface area contributed by atoms with Crippen molar-refractivity contribution in [1.82, 2.24) is 34.5 Å². The van der Waals surface area contributed by atoms with E-state index in [1.807, 2.05) is 16.5 Å². The molecule has 0 saturated carbocycles. The molecule has 1 aliphatic heterocycles. The smallest absolute Gasteiger partial charge is 0.290 e. The molecule has 3 heterocycles. The molecule has 3 rings (SSSR count). The summed E-state index contributed by atoms with van der Waals surface area (Å²) in [5, 5.41) is 11.1. The van der Waals surface area contributed by atoms with Crippen LogP contribution in [0.2, 0.25) is 0 Å². The molecule has 2 aromatic heterocycles. The Morgan fingerprint density at radius 1 is 1.31 bits per heavy atom. The molecule has 10 heteroatoms. The van der Waals surface area contributed by atoms with E-state index in [9.17, 15) is 4.79 Å². The van der Waals surface area contributed by atoms with Gasteiger partial charge in [0.2, 0.25) is 0 Å². The van der Waals surface area contributed by atoms with Crippen LogP contribution in [0.25, 0.3) is 0 Å². The van der Waals surface area contributed by atoms with Gasteiger partial charge in [0.25, 0.3) is 12.4 Å². The summed E-state index contributed by atoms with van der Waals surface area (Å²) >= 11 is 0. The minimum absolute atomic E-state index is 0.0160. The normalized spacial score (nSPS) is 15.1. The predicted molar refractivity (Wildman–Crippen MR) is 93.5 cm³/mol. The molecule has 0 aliphatic carbocycles. The second-order valence-corrected chi connectivity index (χ2v) is 5.90. The summed E-state index contributed by atoms with van der Waals surface area (Å²) in [6.45, 7) is 8.57. The first-order valence-corrected chi connectivity index (χ1v) is 8.56. The number of nitrogens with zero attached hydrogens (tertiary/aromatic N) is 6. The second-order valence-electron chi connectivity index (χ2n) is 5.90. The SMILES string of the molecule is CCn1ncnc1CN1CCCN(C(=O)c2nc[nH]c2C)CC1.O=CO. The van der Waals surface area contributed by atoms with Gasteiger partial charge in [0, 0.05) is 38.4 Å². The first-order valence-electron chi connectivity index (χ1n) is 8.56. The van der Waals surface area contributed by atoms with E-state index in [1.165, 1.54) is 0 Å². The second kappa shape index (κ2) is 9.66. The number of rotatable bonds is 4. The minimum Gasteiger partial charge on any atom is -0.483 e. The third kappa shape index (κ3) is 4.88. The number of aromatic amines is 1. The summed E-state index contributed by atoms with van der Waals surface area (Å²) in [5.41, 5.74) is 1.36. The number of aryl methyl sites for hydroxylation is 2. The van der Waals surface area contributed by atoms with Gasteiger partial charge >= 0.3 is 0 Å². The van der Waals surface area contributed by atoms with Crippen LogP contribution in [0.1, 0.15) is 35.4 Å². The van der Waals surface area contributed by atoms with Crippen molar-refractivity contribution in [3.05, 3.63) is 29.9 Å². The number of H-pyrrole nitrogens is 1. The number of imidazole rings is 1. The molecule has 2 N–H and O–H groups in total. The fourth-order valence-corrected chi connectivity index (χ4v) is 2.93. The molecule has 1 saturated heterocycles. The highest BCUT2D eigenvalue weighted by atomic mass is 16.3. The molecule has 26 heavy (non-hydrogen) atoms. The lowest BCUT2D eigenvalue weighted by Crippen LogP contribution is -2.35. The number of hydrogen-bond acceptors (Lipinski definition) is 6. The Morgan fingerprint density at radius 3 is 2.73 bits per heavy atom. The van der Waals surface area contributed by atoms with E-state index < -0.39 is 0 Å². The van der Waals surface area contributed by atoms with E-state index in [4.69, 9.17) is 9.90 Å². The van der Waals surface area contributed by atoms with Gasteiger partial charge < -0.3 is 15.0 Å². The van der Waals surface area contributed by atoms with Gasteiger partial charge in [0.1, 0.15) is 17.8 Å². The number of carbonyl (C=O) groups excluding carboxylic acids is 1. The third-order valence-electron chi connectivity index (χ3n) is 4.27. The molecular formula is C16H25N7O3. The number of carbonyl (C=O) groups is 2. The summed E-state index contributed by atoms with van der Waals surface area (Å²) in [6.07, 6.45) is 4.13. The Morgan fingerprint density at radius 2 is 2.08 bits per heavy atom. The molecule has 0 atom stereocenters. The fraction of sp³-hybridized carbons (Fsp3) is 0.562. The molecule has 0 spiro atoms. The highest BCUT2D eigenvalue weighted by Crippen LogP contribution is 2.11. The van der Waals surface area contributed by atoms with E-state index in [0.29, 0.717) is 12.2 Å². The Balaban J connectivity index is 0.000000758. The van der Waals surface area contributed by atoms with Crippen molar-refractivity contribution in [2.45, 2.75) is 33.4 Å². The lowest BCUT2D eigenvalue weighted by Gasteiger charge is -2.21. The van der Waals surface area contributed by atoms with Crippen molar-refractivity contribution in [2.75, 3.05) is 26.2 Å². The van der Waals surface area contributed by atoms with Crippen molar-refractivity contribution >= 4 is 12.4 Å². The van der Waals surface area contributed by atoms with Crippen LogP contribution in [0.4, 0.5) is 0 Å². The van der Waals surface area contributed by atoms with Crippen LogP contribution < -0.4 is 0 Å². The summed E-state index contributed by atoms with van der Waals surface area (Å²) in [4.78, 5) is 36.6. The van der Waals surface area contributed by atoms with Gasteiger partial charge in [-0.1, -0.05) is 0 Å². The summed E-state index contributed by atoms with van der Waals surface area (Å²) in [6, 6.07) is 0. The van der Waals surface area contributed by atoms with E-state index in [0.717, 1.165) is 50.7 Å². The molecule has 0 aromatic carbocycles. The molecule has 142 valence electrons. The Kier molecular flexibility index (Phi) is 7.27. The number of carboxylic acid groups (broad SMARTS) is 1. The molecule has 0 bridgehead atoms. The lowest BCUT2D eigenvalue weighted by atomic mass is 10.3. The van der Waals surface area contributed by atoms with Crippen LogP contribution in [0.15, 0.2) is 12.7 Å². The van der Waals surface area contributed by atoms with Crippen LogP contribution in [-0.2, 0) is 17.9 Å². The Bertz CT molecular complexity index is 712. The number of nitrogens with one attached hydrogen (secondary N) is 1. The van der Waals surface area contributed by atoms with Gasteiger partial charge in [-0.3, -0.25) is 14.5 Å². The van der Waals surface area contributed by atoms with E-state index in [-0.39, 0.29) is 12.4 Å². The van der Waals surface area contributed by atoms with Gasteiger partial charge in [-0.05, 0) is 20.3 Å². The van der Waals surface area contributed by atoms with E-state index in [2.05, 4.69) is 31.9 Å². The highest BCUT2D eigenvalue weighted by Gasteiger charge is 2.23. The summed E-state index contributed by atoms with van der Waals surface area (Å²) in [7, 11) is 0. The zero-order valence-corrected chi connectivity index (χ0v) is 15.1. The van der Waals surface area contributed by atoms with Gasteiger partial charge in [-0.2, -0.15) is 5.10 Å². The predicted octanol–water partition coefficient (Wildman–Crippen LogP) is 0.378. The molecular weight excluding hydrogens is 338 g/mol. The van der Waals surface area contributed by atoms with Gasteiger partial charge in [0.15, 0.2) is 0 Å². The minimum atomic E-state index is -0.250. The van der Waals surface area contributed by atoms with Crippen molar-refractivity contribution < 1.29 is 14.7 Å². The van der Waals surface area contributed by atoms with Crippen LogP contribution in [0.5, 0.6) is 0 Å². The zero-order valence-electron chi connectivity index (χ0n) is 15.1. The summed E-state index contributed by atoms with van der Waals surface area (Å²) in [5.74, 6) is 0.998. The van der Waals surface area contributed by atoms with Crippen LogP contribution in [-0.4, -0.2) is 78.2 Å².